The van der Waals surface area contributed by atoms with Crippen molar-refractivity contribution in [2.45, 2.75) is 51.6 Å². The molecule has 10 heteroatoms. The molecule has 0 rings (SSSR count). The molecule has 0 aromatic rings. The topological polar surface area (TPSA) is 139 Å². The molecule has 0 radical (unpaired) electrons. The normalized spacial score (nSPS) is 15.5. The molecule has 0 bridgehead atoms. The maximum Gasteiger partial charge on any atom is 0.334 e. The Morgan fingerprint density at radius 3 is 1.31 bits per heavy atom. The maximum absolute atomic E-state index is 12.0. The van der Waals surface area contributed by atoms with E-state index < -0.39 is 34.6 Å². The number of ether oxygens (including phenoxy) is 2. The van der Waals surface area contributed by atoms with E-state index in [2.05, 4.69) is 0 Å². The van der Waals surface area contributed by atoms with Gasteiger partial charge in [-0.3, -0.25) is 9.59 Å². The van der Waals surface area contributed by atoms with E-state index in [1.54, 1.807) is 0 Å². The Hall–Kier alpha value is -1.10. The number of rotatable bonds is 13. The summed E-state index contributed by atoms with van der Waals surface area (Å²) in [4.78, 5) is 47.7. The van der Waals surface area contributed by atoms with Gasteiger partial charge in [0.25, 0.3) is 0 Å². The Bertz CT molecular complexity index is 485. The van der Waals surface area contributed by atoms with Gasteiger partial charge in [0.2, 0.25) is 0 Å². The Balaban J connectivity index is 4.83. The molecule has 4 N–H and O–H groups in total. The van der Waals surface area contributed by atoms with Gasteiger partial charge in [0.15, 0.2) is 22.6 Å². The lowest BCUT2D eigenvalue weighted by atomic mass is 9.99. The molecule has 0 aromatic heterocycles. The molecule has 0 spiro atoms. The number of hydrogen-bond donors (Lipinski definition) is 2. The molecule has 0 aliphatic rings. The molecule has 0 aromatic carbocycles. The lowest BCUT2D eigenvalue weighted by molar-refractivity contribution is -0.153. The molecule has 2 atom stereocenters. The van der Waals surface area contributed by atoms with Crippen LogP contribution in [0.3, 0.4) is 0 Å². The van der Waals surface area contributed by atoms with Crippen LogP contribution in [0.15, 0.2) is 0 Å². The van der Waals surface area contributed by atoms with Crippen molar-refractivity contribution in [2.75, 3.05) is 24.7 Å². The maximum atomic E-state index is 12.0. The van der Waals surface area contributed by atoms with Crippen molar-refractivity contribution < 1.29 is 28.7 Å². The predicted molar refractivity (Wildman–Crippen MR) is 103 cm³/mol. The molecule has 0 amide bonds. The van der Waals surface area contributed by atoms with E-state index in [1.807, 2.05) is 13.8 Å². The molecule has 0 aliphatic carbocycles. The van der Waals surface area contributed by atoms with Crippen LogP contribution >= 0.6 is 21.6 Å². The zero-order valence-electron chi connectivity index (χ0n) is 15.7. The van der Waals surface area contributed by atoms with Crippen LogP contribution in [0.2, 0.25) is 0 Å². The predicted octanol–water partition coefficient (Wildman–Crippen LogP) is 0.847. The van der Waals surface area contributed by atoms with E-state index in [4.69, 9.17) is 20.9 Å². The summed E-state index contributed by atoms with van der Waals surface area (Å²) in [6.45, 7) is 6.41. The summed E-state index contributed by atoms with van der Waals surface area (Å²) in [6, 6.07) is 0. The highest BCUT2D eigenvalue weighted by atomic mass is 33.1. The Morgan fingerprint density at radius 2 is 1.08 bits per heavy atom. The number of ketones is 2. The minimum Gasteiger partial charge on any atom is -0.464 e. The highest BCUT2D eigenvalue weighted by Gasteiger charge is 2.43. The van der Waals surface area contributed by atoms with Crippen molar-refractivity contribution in [3.8, 4) is 0 Å². The van der Waals surface area contributed by atoms with Gasteiger partial charge in [0.05, 0.1) is 13.2 Å². The first kappa shape index (κ1) is 24.9. The van der Waals surface area contributed by atoms with E-state index in [0.717, 1.165) is 21.6 Å². The van der Waals surface area contributed by atoms with Crippen LogP contribution < -0.4 is 11.5 Å². The largest absolute Gasteiger partial charge is 0.464 e. The van der Waals surface area contributed by atoms with Crippen LogP contribution in [-0.4, -0.2) is 59.3 Å². The molecule has 0 aliphatic heterocycles. The van der Waals surface area contributed by atoms with Crippen molar-refractivity contribution in [3.63, 3.8) is 0 Å². The van der Waals surface area contributed by atoms with Crippen molar-refractivity contribution in [1.82, 2.24) is 0 Å². The highest BCUT2D eigenvalue weighted by molar-refractivity contribution is 8.76. The molecule has 0 saturated heterocycles. The number of Topliss-reactive ketones (excluding diaryl/α,β-unsaturated/α-hetero) is 2. The molecular formula is C16H28N2O6S2. The van der Waals surface area contributed by atoms with Gasteiger partial charge in [-0.1, -0.05) is 35.4 Å². The van der Waals surface area contributed by atoms with E-state index in [9.17, 15) is 19.2 Å². The van der Waals surface area contributed by atoms with Gasteiger partial charge in [0, 0.05) is 11.5 Å². The summed E-state index contributed by atoms with van der Waals surface area (Å²) in [5.74, 6) is -2.80. The summed E-state index contributed by atoms with van der Waals surface area (Å²) in [5, 5.41) is 0. The molecule has 0 fully saturated rings. The lowest BCUT2D eigenvalue weighted by Crippen LogP contribution is -2.57. The summed E-state index contributed by atoms with van der Waals surface area (Å²) in [5.41, 5.74) is 8.25. The fourth-order valence-electron chi connectivity index (χ4n) is 1.52. The highest BCUT2D eigenvalue weighted by Crippen LogP contribution is 2.29. The van der Waals surface area contributed by atoms with E-state index in [-0.39, 0.29) is 24.7 Å². The molecule has 8 nitrogen and oxygen atoms in total. The first-order chi connectivity index (χ1) is 12.1. The van der Waals surface area contributed by atoms with Crippen LogP contribution in [0.5, 0.6) is 0 Å². The number of carbonyl (C=O) groups excluding carboxylic acids is 4. The molecule has 26 heavy (non-hydrogen) atoms. The van der Waals surface area contributed by atoms with Crippen molar-refractivity contribution in [2.24, 2.45) is 11.5 Å². The van der Waals surface area contributed by atoms with Gasteiger partial charge >= 0.3 is 11.9 Å². The van der Waals surface area contributed by atoms with Gasteiger partial charge < -0.3 is 20.9 Å². The number of carbonyl (C=O) groups is 4. The number of nitrogens with two attached hydrogens (primary N) is 2. The summed E-state index contributed by atoms with van der Waals surface area (Å²) in [6.07, 6.45) is 1.21. The summed E-state index contributed by atoms with van der Waals surface area (Å²) in [7, 11) is 2.13. The first-order valence-corrected chi connectivity index (χ1v) is 10.7. The fourth-order valence-corrected chi connectivity index (χ4v) is 4.32. The van der Waals surface area contributed by atoms with Crippen molar-refractivity contribution in [1.29, 1.82) is 0 Å². The van der Waals surface area contributed by atoms with Crippen LogP contribution in [0.1, 0.15) is 40.5 Å². The zero-order valence-corrected chi connectivity index (χ0v) is 17.3. The monoisotopic (exact) mass is 408 g/mol. The minimum atomic E-state index is -1.79. The average Bonchev–Trinajstić information content (AvgIpc) is 2.59. The van der Waals surface area contributed by atoms with Gasteiger partial charge in [-0.2, -0.15) is 0 Å². The molecule has 0 saturated carbocycles. The van der Waals surface area contributed by atoms with Gasteiger partial charge in [-0.15, -0.1) is 0 Å². The summed E-state index contributed by atoms with van der Waals surface area (Å²) >= 11 is 0. The zero-order chi connectivity index (χ0) is 20.4. The average molecular weight is 409 g/mol. The van der Waals surface area contributed by atoms with Gasteiger partial charge in [-0.25, -0.2) is 9.59 Å². The molecule has 2 unspecified atom stereocenters. The Kier molecular flexibility index (Phi) is 11.1. The Morgan fingerprint density at radius 1 is 0.769 bits per heavy atom. The molecule has 150 valence electrons. The number of esters is 2. The van der Waals surface area contributed by atoms with Gasteiger partial charge in [-0.05, 0) is 26.7 Å². The van der Waals surface area contributed by atoms with Crippen LogP contribution in [0.25, 0.3) is 0 Å². The number of hydrogen-bond acceptors (Lipinski definition) is 10. The standard InChI is InChI=1S/C16H28N2O6S2/c1-5-7-23-13(21)15(17,11(3)19)9-25-26-10-16(18,12(4)20)14(22)24-8-6-2/h5-10,17-18H2,1-4H3. The quantitative estimate of drug-likeness (QED) is 0.195. The van der Waals surface area contributed by atoms with E-state index in [0.29, 0.717) is 12.8 Å². The summed E-state index contributed by atoms with van der Waals surface area (Å²) < 4.78 is 9.95. The third-order valence-electron chi connectivity index (χ3n) is 3.52. The van der Waals surface area contributed by atoms with Crippen molar-refractivity contribution in [3.05, 3.63) is 0 Å². The second-order valence-electron chi connectivity index (χ2n) is 5.85. The Labute approximate surface area is 161 Å². The van der Waals surface area contributed by atoms with Crippen molar-refractivity contribution >= 4 is 45.1 Å². The lowest BCUT2D eigenvalue weighted by Gasteiger charge is -2.26. The SMILES string of the molecule is CCCOC(=O)C(N)(CSSCC(N)(C(C)=O)C(=O)OCCC)C(C)=O. The van der Waals surface area contributed by atoms with Crippen LogP contribution in [-0.2, 0) is 28.7 Å². The second-order valence-corrected chi connectivity index (χ2v) is 8.31. The molecular weight excluding hydrogens is 380 g/mol. The third kappa shape index (κ3) is 6.90. The second kappa shape index (κ2) is 11.6. The fraction of sp³-hybridized carbons (Fsp3) is 0.750. The first-order valence-electron chi connectivity index (χ1n) is 8.24. The van der Waals surface area contributed by atoms with Crippen LogP contribution in [0, 0.1) is 0 Å². The third-order valence-corrected chi connectivity index (χ3v) is 6.04. The van der Waals surface area contributed by atoms with Gasteiger partial charge in [0.1, 0.15) is 0 Å². The smallest absolute Gasteiger partial charge is 0.334 e. The minimum absolute atomic E-state index is 0.0759. The van der Waals surface area contributed by atoms with E-state index in [1.165, 1.54) is 13.8 Å². The van der Waals surface area contributed by atoms with Crippen LogP contribution in [0.4, 0.5) is 0 Å². The van der Waals surface area contributed by atoms with E-state index >= 15 is 0 Å². The molecule has 0 heterocycles.